The molecule has 1 aliphatic rings. The fraction of sp³-hybridized carbons (Fsp3) is 0.500. The van der Waals surface area contributed by atoms with Crippen molar-refractivity contribution < 1.29 is 19.0 Å². The summed E-state index contributed by atoms with van der Waals surface area (Å²) in [4.78, 5) is 22.2. The first kappa shape index (κ1) is 17.7. The van der Waals surface area contributed by atoms with Crippen molar-refractivity contribution in [1.29, 1.82) is 0 Å². The number of hydrogen-bond donors (Lipinski definition) is 1. The fourth-order valence-corrected chi connectivity index (χ4v) is 3.31. The summed E-state index contributed by atoms with van der Waals surface area (Å²) in [6.07, 6.45) is 3.23. The zero-order valence-electron chi connectivity index (χ0n) is 14.2. The minimum Gasteiger partial charge on any atom is -0.481 e. The highest BCUT2D eigenvalue weighted by Gasteiger charge is 2.24. The second kappa shape index (κ2) is 7.84. The van der Waals surface area contributed by atoms with Crippen molar-refractivity contribution in [3.05, 3.63) is 29.7 Å². The monoisotopic (exact) mass is 347 g/mol. The van der Waals surface area contributed by atoms with Crippen LogP contribution in [0.15, 0.2) is 18.3 Å². The predicted molar refractivity (Wildman–Crippen MR) is 91.0 cm³/mol. The predicted octanol–water partition coefficient (Wildman–Crippen LogP) is 1.59. The lowest BCUT2D eigenvalue weighted by Crippen LogP contribution is -2.38. The van der Waals surface area contributed by atoms with E-state index in [1.165, 1.54) is 13.3 Å². The Balaban J connectivity index is 1.69. The zero-order chi connectivity index (χ0) is 17.8. The Morgan fingerprint density at radius 2 is 2.16 bits per heavy atom. The summed E-state index contributed by atoms with van der Waals surface area (Å²) >= 11 is 0. The summed E-state index contributed by atoms with van der Waals surface area (Å²) in [5.41, 5.74) is 1.71. The Hall–Kier alpha value is -2.12. The molecule has 2 aromatic rings. The first-order valence-electron chi connectivity index (χ1n) is 8.46. The van der Waals surface area contributed by atoms with Gasteiger partial charge in [0.05, 0.1) is 24.3 Å². The number of ketones is 1. The van der Waals surface area contributed by atoms with Crippen LogP contribution < -0.4 is 4.74 Å². The molecule has 0 aromatic carbocycles. The molecule has 0 atom stereocenters. The van der Waals surface area contributed by atoms with E-state index in [4.69, 9.17) is 9.84 Å². The van der Waals surface area contributed by atoms with Gasteiger partial charge in [0, 0.05) is 24.1 Å². The molecular weight excluding hydrogens is 325 g/mol. The van der Waals surface area contributed by atoms with Crippen molar-refractivity contribution in [2.45, 2.75) is 19.3 Å². The number of hydrogen-bond acceptors (Lipinski definition) is 6. The quantitative estimate of drug-likeness (QED) is 0.855. The van der Waals surface area contributed by atoms with Crippen molar-refractivity contribution in [3.63, 3.8) is 0 Å². The molecule has 1 N–H and O–H groups in total. The largest absolute Gasteiger partial charge is 0.481 e. The summed E-state index contributed by atoms with van der Waals surface area (Å²) in [6, 6.07) is 3.48. The molecule has 0 bridgehead atoms. The number of aliphatic hydroxyl groups is 1. The minimum absolute atomic E-state index is 0.0503. The van der Waals surface area contributed by atoms with Gasteiger partial charge in [-0.2, -0.15) is 0 Å². The van der Waals surface area contributed by atoms with Crippen LogP contribution in [-0.2, 0) is 11.2 Å². The number of Topliss-reactive ketones (excluding diaryl/α,β-unsaturated/α-hetero) is 1. The van der Waals surface area contributed by atoms with Crippen LogP contribution in [0.5, 0.6) is 5.88 Å². The number of pyridine rings is 2. The Bertz CT molecular complexity index is 761. The molecule has 0 unspecified atom stereocenters. The number of nitrogens with zero attached hydrogens (tertiary/aromatic N) is 3. The van der Waals surface area contributed by atoms with E-state index in [2.05, 4.69) is 14.9 Å². The normalized spacial score (nSPS) is 16.3. The molecule has 0 radical (unpaired) electrons. The molecular formula is C18H22FN3O3. The lowest BCUT2D eigenvalue weighted by molar-refractivity contribution is -0.127. The van der Waals surface area contributed by atoms with Gasteiger partial charge in [0.2, 0.25) is 5.88 Å². The molecule has 134 valence electrons. The second-order valence-electron chi connectivity index (χ2n) is 6.30. The molecule has 0 aliphatic carbocycles. The third-order valence-corrected chi connectivity index (χ3v) is 4.83. The average Bonchev–Trinajstić information content (AvgIpc) is 2.66. The van der Waals surface area contributed by atoms with Crippen molar-refractivity contribution >= 4 is 16.8 Å². The standard InChI is InChI=1S/C18H22FN3O3/c1-25-17-3-2-15-18(21-17)13(14(19)10-20-15)6-9-22-7-4-12(5-8-22)16(24)11-23/h2-3,10,12,23H,4-9,11H2,1H3. The van der Waals surface area contributed by atoms with E-state index in [9.17, 15) is 9.18 Å². The number of halogens is 1. The summed E-state index contributed by atoms with van der Waals surface area (Å²) in [5.74, 6) is -0.0594. The van der Waals surface area contributed by atoms with Gasteiger partial charge >= 0.3 is 0 Å². The van der Waals surface area contributed by atoms with Gasteiger partial charge in [0.15, 0.2) is 5.78 Å². The first-order valence-corrected chi connectivity index (χ1v) is 8.46. The molecule has 3 heterocycles. The Morgan fingerprint density at radius 3 is 2.84 bits per heavy atom. The summed E-state index contributed by atoms with van der Waals surface area (Å²) < 4.78 is 19.4. The van der Waals surface area contributed by atoms with Crippen LogP contribution in [0.1, 0.15) is 18.4 Å². The number of likely N-dealkylation sites (tertiary alicyclic amines) is 1. The highest BCUT2D eigenvalue weighted by Crippen LogP contribution is 2.23. The smallest absolute Gasteiger partial charge is 0.213 e. The molecule has 0 amide bonds. The van der Waals surface area contributed by atoms with E-state index < -0.39 is 0 Å². The van der Waals surface area contributed by atoms with Crippen molar-refractivity contribution in [2.24, 2.45) is 5.92 Å². The van der Waals surface area contributed by atoms with Gasteiger partial charge in [-0.25, -0.2) is 9.37 Å². The fourth-order valence-electron chi connectivity index (χ4n) is 3.31. The second-order valence-corrected chi connectivity index (χ2v) is 6.30. The van der Waals surface area contributed by atoms with Crippen LogP contribution in [0.25, 0.3) is 11.0 Å². The number of fused-ring (bicyclic) bond motifs is 1. The molecule has 2 aromatic heterocycles. The average molecular weight is 347 g/mol. The molecule has 1 fully saturated rings. The van der Waals surface area contributed by atoms with Gasteiger partial charge in [-0.05, 0) is 38.4 Å². The maximum atomic E-state index is 14.3. The van der Waals surface area contributed by atoms with E-state index >= 15 is 0 Å². The number of aromatic nitrogens is 2. The number of carbonyl (C=O) groups excluding carboxylic acids is 1. The lowest BCUT2D eigenvalue weighted by atomic mass is 9.92. The van der Waals surface area contributed by atoms with E-state index in [0.717, 1.165) is 25.9 Å². The van der Waals surface area contributed by atoms with Gasteiger partial charge in [0.25, 0.3) is 0 Å². The van der Waals surface area contributed by atoms with E-state index in [-0.39, 0.29) is 24.1 Å². The Labute approximate surface area is 145 Å². The van der Waals surface area contributed by atoms with Crippen LogP contribution in [-0.4, -0.2) is 59.1 Å². The molecule has 25 heavy (non-hydrogen) atoms. The van der Waals surface area contributed by atoms with E-state index in [1.807, 2.05) is 0 Å². The zero-order valence-corrected chi connectivity index (χ0v) is 14.2. The number of rotatable bonds is 6. The number of carbonyl (C=O) groups is 1. The number of methoxy groups -OCH3 is 1. The molecule has 6 nitrogen and oxygen atoms in total. The van der Waals surface area contributed by atoms with Gasteiger partial charge in [0.1, 0.15) is 12.4 Å². The molecule has 3 rings (SSSR count). The van der Waals surface area contributed by atoms with E-state index in [1.54, 1.807) is 12.1 Å². The Kier molecular flexibility index (Phi) is 5.55. The number of piperidine rings is 1. The van der Waals surface area contributed by atoms with Gasteiger partial charge < -0.3 is 14.7 Å². The van der Waals surface area contributed by atoms with Crippen LogP contribution in [0.3, 0.4) is 0 Å². The van der Waals surface area contributed by atoms with Crippen LogP contribution >= 0.6 is 0 Å². The maximum absolute atomic E-state index is 14.3. The minimum atomic E-state index is -0.383. The van der Waals surface area contributed by atoms with Crippen molar-refractivity contribution in [3.8, 4) is 5.88 Å². The maximum Gasteiger partial charge on any atom is 0.213 e. The highest BCUT2D eigenvalue weighted by molar-refractivity contribution is 5.82. The van der Waals surface area contributed by atoms with Crippen molar-refractivity contribution in [1.82, 2.24) is 14.9 Å². The molecule has 0 saturated carbocycles. The molecule has 0 spiro atoms. The number of ether oxygens (including phenoxy) is 1. The highest BCUT2D eigenvalue weighted by atomic mass is 19.1. The van der Waals surface area contributed by atoms with Crippen molar-refractivity contribution in [2.75, 3.05) is 33.4 Å². The van der Waals surface area contributed by atoms with Gasteiger partial charge in [-0.3, -0.25) is 9.78 Å². The number of aliphatic hydroxyl groups excluding tert-OH is 1. The summed E-state index contributed by atoms with van der Waals surface area (Å²) in [7, 11) is 1.53. The third kappa shape index (κ3) is 3.93. The van der Waals surface area contributed by atoms with Crippen LogP contribution in [0.4, 0.5) is 4.39 Å². The first-order chi connectivity index (χ1) is 12.1. The van der Waals surface area contributed by atoms with Crippen LogP contribution in [0, 0.1) is 11.7 Å². The summed E-state index contributed by atoms with van der Waals surface area (Å²) in [6.45, 7) is 1.86. The van der Waals surface area contributed by atoms with Gasteiger partial charge in [-0.15, -0.1) is 0 Å². The van der Waals surface area contributed by atoms with Gasteiger partial charge in [-0.1, -0.05) is 0 Å². The molecule has 7 heteroatoms. The Morgan fingerprint density at radius 1 is 1.40 bits per heavy atom. The lowest BCUT2D eigenvalue weighted by Gasteiger charge is -2.31. The van der Waals surface area contributed by atoms with E-state index in [0.29, 0.717) is 35.4 Å². The topological polar surface area (TPSA) is 75.5 Å². The summed E-state index contributed by atoms with van der Waals surface area (Å²) in [5, 5.41) is 8.95. The SMILES string of the molecule is COc1ccc2ncc(F)c(CCN3CCC(C(=O)CO)CC3)c2n1. The third-order valence-electron chi connectivity index (χ3n) is 4.83. The van der Waals surface area contributed by atoms with Crippen LogP contribution in [0.2, 0.25) is 0 Å². The molecule has 1 aliphatic heterocycles. The molecule has 1 saturated heterocycles.